The topological polar surface area (TPSA) is 97.0 Å². The van der Waals surface area contributed by atoms with Gasteiger partial charge in [0.05, 0.1) is 14.2 Å². The zero-order valence-electron chi connectivity index (χ0n) is 17.9. The summed E-state index contributed by atoms with van der Waals surface area (Å²) < 4.78 is 10.6. The molecule has 3 rings (SSSR count). The molecule has 1 aromatic carbocycles. The molecule has 0 aromatic heterocycles. The van der Waals surface area contributed by atoms with Crippen molar-refractivity contribution in [3.05, 3.63) is 23.8 Å². The molecule has 1 aliphatic heterocycles. The van der Waals surface area contributed by atoms with Crippen LogP contribution in [0.5, 0.6) is 11.5 Å². The Hall–Kier alpha value is -2.77. The lowest BCUT2D eigenvalue weighted by Gasteiger charge is -2.33. The van der Waals surface area contributed by atoms with E-state index in [9.17, 15) is 14.4 Å². The fourth-order valence-corrected chi connectivity index (χ4v) is 3.83. The predicted octanol–water partition coefficient (Wildman–Crippen LogP) is 1.27. The predicted molar refractivity (Wildman–Crippen MR) is 111 cm³/mol. The molecule has 0 unspecified atom stereocenters. The van der Waals surface area contributed by atoms with Gasteiger partial charge in [0, 0.05) is 38.4 Å². The summed E-state index contributed by atoms with van der Waals surface area (Å²) in [5.41, 5.74) is 0.853. The van der Waals surface area contributed by atoms with Crippen molar-refractivity contribution >= 4 is 17.7 Å². The highest BCUT2D eigenvalue weighted by Crippen LogP contribution is 2.32. The number of piperidine rings is 1. The lowest BCUT2D eigenvalue weighted by Crippen LogP contribution is -2.53. The number of hydrogen-bond donors (Lipinski definition) is 2. The van der Waals surface area contributed by atoms with E-state index in [-0.39, 0.29) is 29.7 Å². The Morgan fingerprint density at radius 2 is 1.73 bits per heavy atom. The van der Waals surface area contributed by atoms with Gasteiger partial charge in [-0.05, 0) is 43.4 Å². The first-order valence-corrected chi connectivity index (χ1v) is 10.5. The molecule has 8 heteroatoms. The smallest absolute Gasteiger partial charge is 0.243 e. The summed E-state index contributed by atoms with van der Waals surface area (Å²) in [6.45, 7) is 2.73. The molecule has 0 bridgehead atoms. The van der Waals surface area contributed by atoms with Gasteiger partial charge in [-0.2, -0.15) is 0 Å². The SMILES string of the molecule is COc1ccc(C[C@@H](NC(C)=O)C(=O)NC2CCN(C(=O)C3CC3)CC2)cc1OC. The molecule has 0 spiro atoms. The second kappa shape index (κ2) is 9.82. The molecule has 30 heavy (non-hydrogen) atoms. The van der Waals surface area contributed by atoms with Gasteiger partial charge in [-0.1, -0.05) is 6.07 Å². The molecule has 1 saturated carbocycles. The van der Waals surface area contributed by atoms with Crippen molar-refractivity contribution in [2.75, 3.05) is 27.3 Å². The second-order valence-corrected chi connectivity index (χ2v) is 8.03. The van der Waals surface area contributed by atoms with Gasteiger partial charge in [0.25, 0.3) is 0 Å². The lowest BCUT2D eigenvalue weighted by molar-refractivity contribution is -0.134. The lowest BCUT2D eigenvalue weighted by atomic mass is 10.0. The van der Waals surface area contributed by atoms with Gasteiger partial charge < -0.3 is 25.0 Å². The zero-order chi connectivity index (χ0) is 21.7. The fourth-order valence-electron chi connectivity index (χ4n) is 3.83. The minimum Gasteiger partial charge on any atom is -0.493 e. The number of nitrogens with one attached hydrogen (secondary N) is 2. The first-order chi connectivity index (χ1) is 14.4. The molecule has 1 aromatic rings. The summed E-state index contributed by atoms with van der Waals surface area (Å²) in [7, 11) is 3.12. The number of likely N-dealkylation sites (tertiary alicyclic amines) is 1. The maximum absolute atomic E-state index is 12.9. The first-order valence-electron chi connectivity index (χ1n) is 10.5. The molecule has 1 heterocycles. The summed E-state index contributed by atoms with van der Waals surface area (Å²) in [6.07, 6.45) is 3.81. The van der Waals surface area contributed by atoms with Gasteiger partial charge in [0.15, 0.2) is 11.5 Å². The molecule has 3 amide bonds. The summed E-state index contributed by atoms with van der Waals surface area (Å²) in [4.78, 5) is 38.7. The van der Waals surface area contributed by atoms with Crippen molar-refractivity contribution < 1.29 is 23.9 Å². The van der Waals surface area contributed by atoms with Gasteiger partial charge in [0.1, 0.15) is 6.04 Å². The summed E-state index contributed by atoms with van der Waals surface area (Å²) in [5, 5.41) is 5.80. The van der Waals surface area contributed by atoms with E-state index >= 15 is 0 Å². The molecule has 0 radical (unpaired) electrons. The van der Waals surface area contributed by atoms with Crippen molar-refractivity contribution in [1.82, 2.24) is 15.5 Å². The minimum atomic E-state index is -0.688. The number of carbonyl (C=O) groups excluding carboxylic acids is 3. The van der Waals surface area contributed by atoms with Crippen molar-refractivity contribution in [3.8, 4) is 11.5 Å². The first kappa shape index (κ1) is 21.9. The van der Waals surface area contributed by atoms with E-state index in [1.807, 2.05) is 17.0 Å². The van der Waals surface area contributed by atoms with Crippen molar-refractivity contribution in [1.29, 1.82) is 0 Å². The van der Waals surface area contributed by atoms with Crippen LogP contribution in [0.2, 0.25) is 0 Å². The number of carbonyl (C=O) groups is 3. The van der Waals surface area contributed by atoms with E-state index in [4.69, 9.17) is 9.47 Å². The molecule has 1 atom stereocenters. The Bertz CT molecular complexity index is 785. The normalized spacial score (nSPS) is 17.8. The van der Waals surface area contributed by atoms with Crippen LogP contribution in [0.25, 0.3) is 0 Å². The van der Waals surface area contributed by atoms with E-state index in [0.717, 1.165) is 31.2 Å². The highest BCUT2D eigenvalue weighted by Gasteiger charge is 2.35. The molecule has 2 aliphatic rings. The number of methoxy groups -OCH3 is 2. The number of benzene rings is 1. The number of ether oxygens (including phenoxy) is 2. The van der Waals surface area contributed by atoms with Crippen molar-refractivity contribution in [3.63, 3.8) is 0 Å². The third kappa shape index (κ3) is 5.64. The molecule has 1 saturated heterocycles. The monoisotopic (exact) mass is 417 g/mol. The largest absolute Gasteiger partial charge is 0.493 e. The quantitative estimate of drug-likeness (QED) is 0.664. The Balaban J connectivity index is 1.59. The zero-order valence-corrected chi connectivity index (χ0v) is 17.9. The highest BCUT2D eigenvalue weighted by molar-refractivity contribution is 5.87. The molecular weight excluding hydrogens is 386 g/mol. The van der Waals surface area contributed by atoms with E-state index in [2.05, 4.69) is 10.6 Å². The summed E-state index contributed by atoms with van der Waals surface area (Å²) >= 11 is 0. The summed E-state index contributed by atoms with van der Waals surface area (Å²) in [6, 6.07) is 4.76. The van der Waals surface area contributed by atoms with Crippen LogP contribution in [-0.2, 0) is 20.8 Å². The fraction of sp³-hybridized carbons (Fsp3) is 0.591. The standard InChI is InChI=1S/C22H31N3O5/c1-14(26)23-18(12-15-4-7-19(29-2)20(13-15)30-3)21(27)24-17-8-10-25(11-9-17)22(28)16-5-6-16/h4,7,13,16-18H,5-6,8-12H2,1-3H3,(H,23,26)(H,24,27)/t18-/m1/s1. The van der Waals surface area contributed by atoms with Crippen molar-refractivity contribution in [2.24, 2.45) is 5.92 Å². The van der Waals surface area contributed by atoms with Crippen LogP contribution in [-0.4, -0.2) is 62.0 Å². The maximum atomic E-state index is 12.9. The Morgan fingerprint density at radius 3 is 2.30 bits per heavy atom. The molecule has 164 valence electrons. The average molecular weight is 418 g/mol. The van der Waals surface area contributed by atoms with E-state index < -0.39 is 6.04 Å². The second-order valence-electron chi connectivity index (χ2n) is 8.03. The number of nitrogens with zero attached hydrogens (tertiary/aromatic N) is 1. The van der Waals surface area contributed by atoms with Crippen LogP contribution < -0.4 is 20.1 Å². The molecule has 2 N–H and O–H groups in total. The minimum absolute atomic E-state index is 0.00224. The third-order valence-corrected chi connectivity index (χ3v) is 5.66. The molecule has 8 nitrogen and oxygen atoms in total. The average Bonchev–Trinajstić information content (AvgIpc) is 3.58. The Labute approximate surface area is 177 Å². The maximum Gasteiger partial charge on any atom is 0.243 e. The van der Waals surface area contributed by atoms with Crippen LogP contribution in [0.1, 0.15) is 38.2 Å². The van der Waals surface area contributed by atoms with Crippen LogP contribution in [0, 0.1) is 5.92 Å². The number of hydrogen-bond acceptors (Lipinski definition) is 5. The summed E-state index contributed by atoms with van der Waals surface area (Å²) in [5.74, 6) is 1.18. The van der Waals surface area contributed by atoms with Gasteiger partial charge in [0.2, 0.25) is 17.7 Å². The van der Waals surface area contributed by atoms with Gasteiger partial charge in [-0.15, -0.1) is 0 Å². The molecule has 2 fully saturated rings. The van der Waals surface area contributed by atoms with Gasteiger partial charge in [-0.3, -0.25) is 14.4 Å². The van der Waals surface area contributed by atoms with E-state index in [1.165, 1.54) is 6.92 Å². The van der Waals surface area contributed by atoms with Gasteiger partial charge in [-0.25, -0.2) is 0 Å². The number of amides is 3. The van der Waals surface area contributed by atoms with Crippen LogP contribution >= 0.6 is 0 Å². The number of rotatable bonds is 8. The molecular formula is C22H31N3O5. The van der Waals surface area contributed by atoms with Gasteiger partial charge >= 0.3 is 0 Å². The highest BCUT2D eigenvalue weighted by atomic mass is 16.5. The van der Waals surface area contributed by atoms with E-state index in [1.54, 1.807) is 20.3 Å². The Morgan fingerprint density at radius 1 is 1.07 bits per heavy atom. The Kier molecular flexibility index (Phi) is 7.18. The van der Waals surface area contributed by atoms with Crippen molar-refractivity contribution in [2.45, 2.75) is 51.1 Å². The van der Waals surface area contributed by atoms with E-state index in [0.29, 0.717) is 31.0 Å². The van der Waals surface area contributed by atoms with Crippen LogP contribution in [0.15, 0.2) is 18.2 Å². The molecule has 1 aliphatic carbocycles. The van der Waals surface area contributed by atoms with Crippen LogP contribution in [0.4, 0.5) is 0 Å². The van der Waals surface area contributed by atoms with Crippen LogP contribution in [0.3, 0.4) is 0 Å². The third-order valence-electron chi connectivity index (χ3n) is 5.66.